The molecule has 1 aromatic rings. The van der Waals surface area contributed by atoms with Crippen LogP contribution in [-0.2, 0) is 4.74 Å². The van der Waals surface area contributed by atoms with Crippen molar-refractivity contribution >= 4 is 0 Å². The highest BCUT2D eigenvalue weighted by Gasteiger charge is 2.31. The van der Waals surface area contributed by atoms with Crippen molar-refractivity contribution in [3.8, 4) is 5.75 Å². The zero-order valence-electron chi connectivity index (χ0n) is 12.3. The van der Waals surface area contributed by atoms with Crippen molar-refractivity contribution in [1.29, 1.82) is 0 Å². The molecule has 0 amide bonds. The van der Waals surface area contributed by atoms with E-state index in [4.69, 9.17) is 9.47 Å². The van der Waals surface area contributed by atoms with Crippen LogP contribution >= 0.6 is 0 Å². The average molecular weight is 275 g/mol. The quantitative estimate of drug-likeness (QED) is 0.828. The molecule has 3 rings (SSSR count). The van der Waals surface area contributed by atoms with Crippen LogP contribution in [0.2, 0.25) is 0 Å². The molecule has 3 heteroatoms. The van der Waals surface area contributed by atoms with Gasteiger partial charge in [0.25, 0.3) is 0 Å². The number of hydrogen-bond donors (Lipinski definition) is 1. The van der Waals surface area contributed by atoms with Gasteiger partial charge in [-0.2, -0.15) is 0 Å². The molecule has 20 heavy (non-hydrogen) atoms. The minimum atomic E-state index is 0.251. The maximum absolute atomic E-state index is 5.94. The van der Waals surface area contributed by atoms with Gasteiger partial charge in [-0.05, 0) is 43.4 Å². The van der Waals surface area contributed by atoms with Gasteiger partial charge in [-0.15, -0.1) is 0 Å². The molecular weight excluding hydrogens is 250 g/mol. The third-order valence-electron chi connectivity index (χ3n) is 4.14. The molecule has 1 N–H and O–H groups in total. The summed E-state index contributed by atoms with van der Waals surface area (Å²) in [6.07, 6.45) is 5.16. The summed E-state index contributed by atoms with van der Waals surface area (Å²) < 4.78 is 11.6. The van der Waals surface area contributed by atoms with E-state index in [1.54, 1.807) is 0 Å². The predicted octanol–water partition coefficient (Wildman–Crippen LogP) is 3.31. The summed E-state index contributed by atoms with van der Waals surface area (Å²) in [6.45, 7) is 4.88. The van der Waals surface area contributed by atoms with Crippen molar-refractivity contribution in [1.82, 2.24) is 5.32 Å². The molecule has 0 bridgehead atoms. The summed E-state index contributed by atoms with van der Waals surface area (Å²) in [6, 6.07) is 9.23. The lowest BCUT2D eigenvalue weighted by Crippen LogP contribution is -2.26. The Balaban J connectivity index is 1.58. The molecular formula is C17H25NO2. The van der Waals surface area contributed by atoms with Crippen LogP contribution < -0.4 is 10.1 Å². The summed E-state index contributed by atoms with van der Waals surface area (Å²) in [7, 11) is 0. The monoisotopic (exact) mass is 275 g/mol. The lowest BCUT2D eigenvalue weighted by molar-refractivity contribution is 0.0904. The van der Waals surface area contributed by atoms with E-state index in [-0.39, 0.29) is 6.10 Å². The van der Waals surface area contributed by atoms with E-state index in [2.05, 4.69) is 36.5 Å². The van der Waals surface area contributed by atoms with Crippen molar-refractivity contribution < 1.29 is 9.47 Å². The minimum Gasteiger partial charge on any atom is -0.494 e. The fraction of sp³-hybridized carbons (Fsp3) is 0.647. The van der Waals surface area contributed by atoms with Crippen LogP contribution in [0, 0.1) is 5.92 Å². The first-order valence-corrected chi connectivity index (χ1v) is 7.94. The lowest BCUT2D eigenvalue weighted by Gasteiger charge is -2.19. The molecule has 3 nitrogen and oxygen atoms in total. The molecule has 1 saturated carbocycles. The summed E-state index contributed by atoms with van der Waals surface area (Å²) in [5.74, 6) is 1.57. The Labute approximate surface area is 121 Å². The molecule has 1 aliphatic heterocycles. The van der Waals surface area contributed by atoms with E-state index in [0.29, 0.717) is 5.92 Å². The molecule has 2 fully saturated rings. The van der Waals surface area contributed by atoms with Crippen LogP contribution in [0.3, 0.4) is 0 Å². The van der Waals surface area contributed by atoms with E-state index < -0.39 is 0 Å². The van der Waals surface area contributed by atoms with Gasteiger partial charge in [0.15, 0.2) is 0 Å². The van der Waals surface area contributed by atoms with Crippen LogP contribution in [0.25, 0.3) is 0 Å². The third-order valence-corrected chi connectivity index (χ3v) is 4.14. The first kappa shape index (κ1) is 13.9. The van der Waals surface area contributed by atoms with Gasteiger partial charge < -0.3 is 14.8 Å². The average Bonchev–Trinajstić information content (AvgIpc) is 3.20. The number of nitrogens with one attached hydrogen (secondary N) is 1. The maximum atomic E-state index is 5.94. The van der Waals surface area contributed by atoms with Gasteiger partial charge in [-0.3, -0.25) is 0 Å². The molecule has 1 heterocycles. The van der Waals surface area contributed by atoms with Gasteiger partial charge in [0.2, 0.25) is 0 Å². The van der Waals surface area contributed by atoms with Gasteiger partial charge in [-0.1, -0.05) is 19.1 Å². The second kappa shape index (κ2) is 6.59. The Morgan fingerprint density at radius 3 is 2.70 bits per heavy atom. The molecule has 2 unspecified atom stereocenters. The normalized spacial score (nSPS) is 25.9. The SMILES string of the molecule is CCCOc1ccc(C2OCCC2CNC2CC2)cc1. The second-order valence-corrected chi connectivity index (χ2v) is 5.94. The van der Waals surface area contributed by atoms with E-state index in [9.17, 15) is 0 Å². The zero-order chi connectivity index (χ0) is 13.8. The Morgan fingerprint density at radius 2 is 2.00 bits per heavy atom. The van der Waals surface area contributed by atoms with E-state index in [1.165, 1.54) is 24.8 Å². The maximum Gasteiger partial charge on any atom is 0.119 e. The molecule has 2 aliphatic rings. The third kappa shape index (κ3) is 3.53. The minimum absolute atomic E-state index is 0.251. The summed E-state index contributed by atoms with van der Waals surface area (Å²) in [4.78, 5) is 0. The molecule has 0 spiro atoms. The molecule has 1 saturated heterocycles. The highest BCUT2D eigenvalue weighted by molar-refractivity contribution is 5.29. The Kier molecular flexibility index (Phi) is 4.58. The molecule has 110 valence electrons. The van der Waals surface area contributed by atoms with E-state index in [1.807, 2.05) is 0 Å². The molecule has 0 radical (unpaired) electrons. The van der Waals surface area contributed by atoms with Crippen LogP contribution in [0.5, 0.6) is 5.75 Å². The van der Waals surface area contributed by atoms with Crippen molar-refractivity contribution in [2.75, 3.05) is 19.8 Å². The molecule has 1 aliphatic carbocycles. The van der Waals surface area contributed by atoms with Gasteiger partial charge in [0.05, 0.1) is 12.7 Å². The Morgan fingerprint density at radius 1 is 1.20 bits per heavy atom. The Hall–Kier alpha value is -1.06. The van der Waals surface area contributed by atoms with Crippen molar-refractivity contribution in [2.24, 2.45) is 5.92 Å². The highest BCUT2D eigenvalue weighted by atomic mass is 16.5. The summed E-state index contributed by atoms with van der Waals surface area (Å²) >= 11 is 0. The number of benzene rings is 1. The van der Waals surface area contributed by atoms with Gasteiger partial charge in [0.1, 0.15) is 5.75 Å². The topological polar surface area (TPSA) is 30.5 Å². The van der Waals surface area contributed by atoms with Crippen LogP contribution in [0.15, 0.2) is 24.3 Å². The van der Waals surface area contributed by atoms with E-state index >= 15 is 0 Å². The van der Waals surface area contributed by atoms with E-state index in [0.717, 1.165) is 38.0 Å². The zero-order valence-corrected chi connectivity index (χ0v) is 12.3. The van der Waals surface area contributed by atoms with Crippen LogP contribution in [0.1, 0.15) is 44.3 Å². The van der Waals surface area contributed by atoms with Crippen LogP contribution in [0.4, 0.5) is 0 Å². The van der Waals surface area contributed by atoms with Crippen LogP contribution in [-0.4, -0.2) is 25.8 Å². The standard InChI is InChI=1S/C17H25NO2/c1-2-10-19-16-7-3-13(4-8-16)17-14(9-11-20-17)12-18-15-5-6-15/h3-4,7-8,14-15,17-18H,2,5-6,9-12H2,1H3. The largest absolute Gasteiger partial charge is 0.494 e. The van der Waals surface area contributed by atoms with Crippen molar-refractivity contribution in [3.05, 3.63) is 29.8 Å². The molecule has 1 aromatic carbocycles. The molecule has 0 aromatic heterocycles. The van der Waals surface area contributed by atoms with Gasteiger partial charge in [-0.25, -0.2) is 0 Å². The number of rotatable bonds is 7. The summed E-state index contributed by atoms with van der Waals surface area (Å²) in [5.41, 5.74) is 1.29. The van der Waals surface area contributed by atoms with Gasteiger partial charge >= 0.3 is 0 Å². The fourth-order valence-electron chi connectivity index (χ4n) is 2.79. The first-order valence-electron chi connectivity index (χ1n) is 7.94. The lowest BCUT2D eigenvalue weighted by atomic mass is 9.95. The number of hydrogen-bond acceptors (Lipinski definition) is 3. The molecule has 2 atom stereocenters. The first-order chi connectivity index (χ1) is 9.86. The summed E-state index contributed by atoms with van der Waals surface area (Å²) in [5, 5.41) is 3.63. The van der Waals surface area contributed by atoms with Crippen molar-refractivity contribution in [3.63, 3.8) is 0 Å². The Bertz CT molecular complexity index is 414. The smallest absolute Gasteiger partial charge is 0.119 e. The van der Waals surface area contributed by atoms with Crippen molar-refractivity contribution in [2.45, 2.75) is 44.8 Å². The van der Waals surface area contributed by atoms with Gasteiger partial charge in [0, 0.05) is 25.1 Å². The fourth-order valence-corrected chi connectivity index (χ4v) is 2.79. The predicted molar refractivity (Wildman–Crippen MR) is 80.1 cm³/mol. The highest BCUT2D eigenvalue weighted by Crippen LogP contribution is 2.35. The second-order valence-electron chi connectivity index (χ2n) is 5.94. The number of ether oxygens (including phenoxy) is 2.